The van der Waals surface area contributed by atoms with Crippen molar-refractivity contribution in [2.45, 2.75) is 25.3 Å². The van der Waals surface area contributed by atoms with Crippen LogP contribution in [0.5, 0.6) is 5.75 Å². The van der Waals surface area contributed by atoms with Gasteiger partial charge in [0.15, 0.2) is 0 Å². The molecule has 3 rings (SSSR count). The van der Waals surface area contributed by atoms with Crippen LogP contribution in [0.15, 0.2) is 48.5 Å². The normalized spacial score (nSPS) is 15.2. The third-order valence-corrected chi connectivity index (χ3v) is 4.42. The van der Waals surface area contributed by atoms with Crippen molar-refractivity contribution in [2.75, 3.05) is 7.05 Å². The molecule has 1 aliphatic carbocycles. The number of amides is 1. The molecule has 0 aliphatic heterocycles. The first-order chi connectivity index (χ1) is 11.1. The molecule has 0 saturated heterocycles. The maximum atomic E-state index is 13.2. The Balaban J connectivity index is 1.78. The van der Waals surface area contributed by atoms with Gasteiger partial charge in [-0.15, -0.1) is 0 Å². The van der Waals surface area contributed by atoms with Gasteiger partial charge in [0.1, 0.15) is 11.6 Å². The molecule has 0 spiro atoms. The minimum absolute atomic E-state index is 0.0334. The Hall–Kier alpha value is -2.36. The third kappa shape index (κ3) is 3.52. The Morgan fingerprint density at radius 1 is 1.22 bits per heavy atom. The highest BCUT2D eigenvalue weighted by Gasteiger charge is 2.36. The van der Waals surface area contributed by atoms with Crippen molar-refractivity contribution >= 4 is 5.91 Å². The summed E-state index contributed by atoms with van der Waals surface area (Å²) in [6.07, 6.45) is 2.32. The molecular formula is C19H20FNO2. The average molecular weight is 313 g/mol. The highest BCUT2D eigenvalue weighted by atomic mass is 19.1. The van der Waals surface area contributed by atoms with E-state index in [-0.39, 0.29) is 29.9 Å². The highest BCUT2D eigenvalue weighted by molar-refractivity contribution is 5.79. The van der Waals surface area contributed by atoms with Crippen molar-refractivity contribution in [3.8, 4) is 5.75 Å². The molecular weight excluding hydrogens is 293 g/mol. The number of carbonyl (C=O) groups excluding carboxylic acids is 1. The van der Waals surface area contributed by atoms with Gasteiger partial charge in [0.25, 0.3) is 0 Å². The van der Waals surface area contributed by atoms with Crippen LogP contribution in [0.1, 0.15) is 30.0 Å². The average Bonchev–Trinajstić information content (AvgIpc) is 3.36. The van der Waals surface area contributed by atoms with Gasteiger partial charge >= 0.3 is 0 Å². The molecule has 3 nitrogen and oxygen atoms in total. The number of likely N-dealkylation sites (N-methyl/N-ethyl adjacent to an activating group) is 1. The number of para-hydroxylation sites is 1. The van der Waals surface area contributed by atoms with Crippen LogP contribution >= 0.6 is 0 Å². The van der Waals surface area contributed by atoms with Crippen LogP contribution in [0.4, 0.5) is 4.39 Å². The lowest BCUT2D eigenvalue weighted by Gasteiger charge is -2.29. The van der Waals surface area contributed by atoms with Crippen molar-refractivity contribution in [3.63, 3.8) is 0 Å². The molecule has 1 N–H and O–H groups in total. The molecule has 2 aromatic rings. The maximum Gasteiger partial charge on any atom is 0.227 e. The summed E-state index contributed by atoms with van der Waals surface area (Å²) in [4.78, 5) is 14.4. The second-order valence-corrected chi connectivity index (χ2v) is 6.14. The molecule has 1 amide bonds. The number of hydrogen-bond acceptors (Lipinski definition) is 2. The molecule has 4 heteroatoms. The van der Waals surface area contributed by atoms with Gasteiger partial charge in [-0.05, 0) is 42.5 Å². The van der Waals surface area contributed by atoms with Crippen molar-refractivity contribution in [3.05, 3.63) is 65.5 Å². The Bertz CT molecular complexity index is 695. The van der Waals surface area contributed by atoms with E-state index in [9.17, 15) is 14.3 Å². The first kappa shape index (κ1) is 15.5. The molecule has 1 fully saturated rings. The predicted octanol–water partition coefficient (Wildman–Crippen LogP) is 3.68. The Kier molecular flexibility index (Phi) is 4.33. The largest absolute Gasteiger partial charge is 0.508 e. The highest BCUT2D eigenvalue weighted by Crippen LogP contribution is 2.44. The van der Waals surface area contributed by atoms with Crippen LogP contribution in [-0.4, -0.2) is 23.0 Å². The molecule has 2 aromatic carbocycles. The number of hydrogen-bond donors (Lipinski definition) is 1. The molecule has 0 aromatic heterocycles. The summed E-state index contributed by atoms with van der Waals surface area (Å²) in [6.45, 7) is 0. The van der Waals surface area contributed by atoms with E-state index in [4.69, 9.17) is 0 Å². The molecule has 1 saturated carbocycles. The minimum Gasteiger partial charge on any atom is -0.508 e. The fourth-order valence-electron chi connectivity index (χ4n) is 2.99. The zero-order chi connectivity index (χ0) is 16.4. The summed E-state index contributed by atoms with van der Waals surface area (Å²) in [5.74, 6) is 0.247. The van der Waals surface area contributed by atoms with Crippen molar-refractivity contribution in [2.24, 2.45) is 5.92 Å². The summed E-state index contributed by atoms with van der Waals surface area (Å²) in [7, 11) is 1.79. The predicted molar refractivity (Wildman–Crippen MR) is 86.4 cm³/mol. The van der Waals surface area contributed by atoms with Crippen molar-refractivity contribution in [1.82, 2.24) is 4.90 Å². The topological polar surface area (TPSA) is 40.5 Å². The second-order valence-electron chi connectivity index (χ2n) is 6.14. The van der Waals surface area contributed by atoms with Crippen LogP contribution in [0.25, 0.3) is 0 Å². The monoisotopic (exact) mass is 313 g/mol. The summed E-state index contributed by atoms with van der Waals surface area (Å²) in [6, 6.07) is 13.2. The van der Waals surface area contributed by atoms with Gasteiger partial charge in [-0.2, -0.15) is 0 Å². The van der Waals surface area contributed by atoms with Gasteiger partial charge in [-0.3, -0.25) is 4.79 Å². The third-order valence-electron chi connectivity index (χ3n) is 4.42. The lowest BCUT2D eigenvalue weighted by Crippen LogP contribution is -2.33. The lowest BCUT2D eigenvalue weighted by atomic mass is 10.00. The summed E-state index contributed by atoms with van der Waals surface area (Å²) in [5, 5.41) is 9.84. The zero-order valence-corrected chi connectivity index (χ0v) is 13.1. The second kappa shape index (κ2) is 6.41. The summed E-state index contributed by atoms with van der Waals surface area (Å²) >= 11 is 0. The van der Waals surface area contributed by atoms with E-state index < -0.39 is 0 Å². The number of rotatable bonds is 5. The molecule has 120 valence electrons. The van der Waals surface area contributed by atoms with E-state index in [1.165, 1.54) is 12.1 Å². The van der Waals surface area contributed by atoms with Crippen LogP contribution < -0.4 is 0 Å². The molecule has 1 unspecified atom stereocenters. The first-order valence-corrected chi connectivity index (χ1v) is 7.84. The van der Waals surface area contributed by atoms with Gasteiger partial charge in [-0.1, -0.05) is 30.3 Å². The van der Waals surface area contributed by atoms with Crippen LogP contribution in [0.2, 0.25) is 0 Å². The van der Waals surface area contributed by atoms with Crippen LogP contribution in [0.3, 0.4) is 0 Å². The van der Waals surface area contributed by atoms with Crippen LogP contribution in [-0.2, 0) is 11.2 Å². The van der Waals surface area contributed by atoms with Gasteiger partial charge in [0.05, 0.1) is 12.5 Å². The van der Waals surface area contributed by atoms with Gasteiger partial charge < -0.3 is 10.0 Å². The summed E-state index contributed by atoms with van der Waals surface area (Å²) in [5.41, 5.74) is 1.58. The zero-order valence-electron chi connectivity index (χ0n) is 13.1. The van der Waals surface area contributed by atoms with Crippen molar-refractivity contribution < 1.29 is 14.3 Å². The number of phenols is 1. The quantitative estimate of drug-likeness (QED) is 0.914. The molecule has 0 bridgehead atoms. The maximum absolute atomic E-state index is 13.2. The standard InChI is InChI=1S/C19H20FNO2/c1-21(18(23)12-15-4-2-3-5-17(15)22)19(13-6-7-13)14-8-10-16(20)11-9-14/h2-5,8-11,13,19,22H,6-7,12H2,1H3. The van der Waals surface area contributed by atoms with Crippen molar-refractivity contribution in [1.29, 1.82) is 0 Å². The molecule has 1 aliphatic rings. The number of carbonyl (C=O) groups is 1. The smallest absolute Gasteiger partial charge is 0.227 e. The number of halogens is 1. The number of nitrogens with zero attached hydrogens (tertiary/aromatic N) is 1. The van der Waals surface area contributed by atoms with E-state index in [0.717, 1.165) is 18.4 Å². The van der Waals surface area contributed by atoms with E-state index >= 15 is 0 Å². The number of aromatic hydroxyl groups is 1. The first-order valence-electron chi connectivity index (χ1n) is 7.84. The van der Waals surface area contributed by atoms with Gasteiger partial charge in [0.2, 0.25) is 5.91 Å². The fourth-order valence-corrected chi connectivity index (χ4v) is 2.99. The Morgan fingerprint density at radius 3 is 2.48 bits per heavy atom. The SMILES string of the molecule is CN(C(=O)Cc1ccccc1O)C(c1ccc(F)cc1)C1CC1. The lowest BCUT2D eigenvalue weighted by molar-refractivity contribution is -0.131. The molecule has 0 radical (unpaired) electrons. The molecule has 1 atom stereocenters. The molecule has 23 heavy (non-hydrogen) atoms. The van der Waals surface area contributed by atoms with Gasteiger partial charge in [0, 0.05) is 12.6 Å². The van der Waals surface area contributed by atoms with Crippen LogP contribution in [0, 0.1) is 11.7 Å². The van der Waals surface area contributed by atoms with E-state index in [0.29, 0.717) is 11.5 Å². The van der Waals surface area contributed by atoms with E-state index in [1.807, 2.05) is 0 Å². The summed E-state index contributed by atoms with van der Waals surface area (Å²) < 4.78 is 13.2. The number of benzene rings is 2. The Labute approximate surface area is 135 Å². The Morgan fingerprint density at radius 2 is 1.87 bits per heavy atom. The minimum atomic E-state index is -0.272. The van der Waals surface area contributed by atoms with E-state index in [1.54, 1.807) is 48.3 Å². The molecule has 0 heterocycles. The van der Waals surface area contributed by atoms with E-state index in [2.05, 4.69) is 0 Å². The fraction of sp³-hybridized carbons (Fsp3) is 0.316. The number of phenolic OH excluding ortho intramolecular Hbond substituents is 1. The van der Waals surface area contributed by atoms with Gasteiger partial charge in [-0.25, -0.2) is 4.39 Å².